The van der Waals surface area contributed by atoms with Crippen LogP contribution in [0.4, 0.5) is 0 Å². The molecule has 21 heavy (non-hydrogen) atoms. The highest BCUT2D eigenvalue weighted by Crippen LogP contribution is 2.42. The fourth-order valence-electron chi connectivity index (χ4n) is 3.20. The van der Waals surface area contributed by atoms with Crippen LogP contribution in [-0.4, -0.2) is 29.6 Å². The quantitative estimate of drug-likeness (QED) is 0.606. The summed E-state index contributed by atoms with van der Waals surface area (Å²) >= 11 is 0. The first kappa shape index (κ1) is 16.0. The van der Waals surface area contributed by atoms with Gasteiger partial charge in [-0.05, 0) is 45.4 Å². The van der Waals surface area contributed by atoms with Crippen LogP contribution in [-0.2, 0) is 14.3 Å². The zero-order valence-electron chi connectivity index (χ0n) is 13.3. The Balaban J connectivity index is 1.97. The number of carbonyl (C=O) groups is 2. The smallest absolute Gasteiger partial charge is 0.329 e. The molecule has 5 nitrogen and oxygen atoms in total. The fraction of sp³-hybridized carbons (Fsp3) is 0.750. The molecule has 0 spiro atoms. The van der Waals surface area contributed by atoms with Gasteiger partial charge in [-0.25, -0.2) is 4.79 Å². The second kappa shape index (κ2) is 5.79. The molecule has 118 valence electrons. The van der Waals surface area contributed by atoms with E-state index < -0.39 is 11.6 Å². The lowest BCUT2D eigenvalue weighted by Crippen LogP contribution is -2.50. The van der Waals surface area contributed by atoms with Crippen molar-refractivity contribution in [2.45, 2.75) is 58.2 Å². The van der Waals surface area contributed by atoms with Crippen LogP contribution in [0.25, 0.3) is 0 Å². The SMILES string of the molecule is CC[C@H](NC(=O)C1C2C=CC(C2)C1N)C(=O)OC(C)(C)C. The van der Waals surface area contributed by atoms with Gasteiger partial charge in [0.1, 0.15) is 11.6 Å². The predicted octanol–water partition coefficient (Wildman–Crippen LogP) is 1.37. The van der Waals surface area contributed by atoms with Gasteiger partial charge in [0.2, 0.25) is 5.91 Å². The van der Waals surface area contributed by atoms with Gasteiger partial charge in [-0.3, -0.25) is 4.79 Å². The zero-order valence-corrected chi connectivity index (χ0v) is 13.3. The summed E-state index contributed by atoms with van der Waals surface area (Å²) in [5.74, 6) is -0.229. The molecule has 4 unspecified atom stereocenters. The van der Waals surface area contributed by atoms with Gasteiger partial charge >= 0.3 is 5.97 Å². The van der Waals surface area contributed by atoms with E-state index in [4.69, 9.17) is 10.5 Å². The normalized spacial score (nSPS) is 32.0. The first-order chi connectivity index (χ1) is 9.73. The average molecular weight is 294 g/mol. The molecule has 5 heteroatoms. The Labute approximate surface area is 126 Å². The van der Waals surface area contributed by atoms with Gasteiger partial charge in [0.25, 0.3) is 0 Å². The van der Waals surface area contributed by atoms with Crippen molar-refractivity contribution in [3.05, 3.63) is 12.2 Å². The van der Waals surface area contributed by atoms with E-state index in [9.17, 15) is 9.59 Å². The molecule has 2 rings (SSSR count). The summed E-state index contributed by atoms with van der Waals surface area (Å²) in [6.07, 6.45) is 5.63. The topological polar surface area (TPSA) is 81.4 Å². The second-order valence-electron chi connectivity index (χ2n) is 7.05. The number of amides is 1. The van der Waals surface area contributed by atoms with Crippen LogP contribution in [0.5, 0.6) is 0 Å². The van der Waals surface area contributed by atoms with E-state index in [0.29, 0.717) is 12.3 Å². The van der Waals surface area contributed by atoms with Crippen LogP contribution in [0.1, 0.15) is 40.5 Å². The number of hydrogen-bond donors (Lipinski definition) is 2. The Morgan fingerprint density at radius 3 is 2.43 bits per heavy atom. The van der Waals surface area contributed by atoms with Gasteiger partial charge < -0.3 is 15.8 Å². The number of nitrogens with two attached hydrogens (primary N) is 1. The van der Waals surface area contributed by atoms with Gasteiger partial charge in [-0.1, -0.05) is 19.1 Å². The fourth-order valence-corrected chi connectivity index (χ4v) is 3.20. The van der Waals surface area contributed by atoms with Crippen LogP contribution < -0.4 is 11.1 Å². The molecule has 0 aromatic rings. The minimum atomic E-state index is -0.605. The Kier molecular flexibility index (Phi) is 4.42. The maximum atomic E-state index is 12.5. The highest BCUT2D eigenvalue weighted by atomic mass is 16.6. The lowest BCUT2D eigenvalue weighted by atomic mass is 9.88. The van der Waals surface area contributed by atoms with Crippen molar-refractivity contribution >= 4 is 11.9 Å². The van der Waals surface area contributed by atoms with Gasteiger partial charge in [0.05, 0.1) is 5.92 Å². The van der Waals surface area contributed by atoms with Crippen molar-refractivity contribution in [2.24, 2.45) is 23.5 Å². The highest BCUT2D eigenvalue weighted by Gasteiger charge is 2.46. The molecular weight excluding hydrogens is 268 g/mol. The molecule has 0 heterocycles. The Morgan fingerprint density at radius 1 is 1.33 bits per heavy atom. The van der Waals surface area contributed by atoms with E-state index in [0.717, 1.165) is 6.42 Å². The van der Waals surface area contributed by atoms with Crippen molar-refractivity contribution in [3.8, 4) is 0 Å². The van der Waals surface area contributed by atoms with Crippen molar-refractivity contribution < 1.29 is 14.3 Å². The highest BCUT2D eigenvalue weighted by molar-refractivity contribution is 5.87. The molecule has 0 aliphatic heterocycles. The van der Waals surface area contributed by atoms with E-state index in [1.807, 2.05) is 27.7 Å². The molecule has 0 aromatic carbocycles. The largest absolute Gasteiger partial charge is 0.458 e. The number of fused-ring (bicyclic) bond motifs is 2. The monoisotopic (exact) mass is 294 g/mol. The van der Waals surface area contributed by atoms with E-state index in [1.54, 1.807) is 0 Å². The van der Waals surface area contributed by atoms with E-state index in [2.05, 4.69) is 17.5 Å². The summed E-state index contributed by atoms with van der Waals surface area (Å²) in [5, 5.41) is 2.82. The number of allylic oxidation sites excluding steroid dienone is 1. The molecule has 0 radical (unpaired) electrons. The van der Waals surface area contributed by atoms with Crippen LogP contribution in [0, 0.1) is 17.8 Å². The van der Waals surface area contributed by atoms with Crippen LogP contribution >= 0.6 is 0 Å². The lowest BCUT2D eigenvalue weighted by molar-refractivity contribution is -0.159. The molecular formula is C16H26N2O3. The predicted molar refractivity (Wildman–Crippen MR) is 80.3 cm³/mol. The molecule has 1 amide bonds. The third-order valence-electron chi connectivity index (χ3n) is 4.24. The third-order valence-corrected chi connectivity index (χ3v) is 4.24. The van der Waals surface area contributed by atoms with Crippen molar-refractivity contribution in [2.75, 3.05) is 0 Å². The van der Waals surface area contributed by atoms with E-state index in [-0.39, 0.29) is 29.8 Å². The van der Waals surface area contributed by atoms with Crippen molar-refractivity contribution in [3.63, 3.8) is 0 Å². The second-order valence-corrected chi connectivity index (χ2v) is 7.05. The lowest BCUT2D eigenvalue weighted by Gasteiger charge is -2.27. The number of esters is 1. The molecule has 1 fully saturated rings. The number of ether oxygens (including phenoxy) is 1. The van der Waals surface area contributed by atoms with Crippen LogP contribution in [0.15, 0.2) is 12.2 Å². The number of hydrogen-bond acceptors (Lipinski definition) is 4. The zero-order chi connectivity index (χ0) is 15.8. The standard InChI is InChI=1S/C16H26N2O3/c1-5-11(15(20)21-16(2,3)4)18-14(19)12-9-6-7-10(8-9)13(12)17/h6-7,9-13H,5,8,17H2,1-4H3,(H,18,19)/t9?,10?,11-,12?,13?/m0/s1. The third kappa shape index (κ3) is 3.46. The van der Waals surface area contributed by atoms with Crippen molar-refractivity contribution in [1.82, 2.24) is 5.32 Å². The van der Waals surface area contributed by atoms with Crippen molar-refractivity contribution in [1.29, 1.82) is 0 Å². The molecule has 2 bridgehead atoms. The van der Waals surface area contributed by atoms with Gasteiger partial charge in [0, 0.05) is 6.04 Å². The summed E-state index contributed by atoms with van der Waals surface area (Å²) in [7, 11) is 0. The Hall–Kier alpha value is -1.36. The minimum Gasteiger partial charge on any atom is -0.458 e. The first-order valence-corrected chi connectivity index (χ1v) is 7.70. The molecule has 2 aliphatic carbocycles. The maximum Gasteiger partial charge on any atom is 0.329 e. The van der Waals surface area contributed by atoms with E-state index >= 15 is 0 Å². The van der Waals surface area contributed by atoms with Gasteiger partial charge in [0.15, 0.2) is 0 Å². The summed E-state index contributed by atoms with van der Waals surface area (Å²) < 4.78 is 5.34. The van der Waals surface area contributed by atoms with Gasteiger partial charge in [-0.15, -0.1) is 0 Å². The average Bonchev–Trinajstić information content (AvgIpc) is 2.93. The minimum absolute atomic E-state index is 0.128. The summed E-state index contributed by atoms with van der Waals surface area (Å²) in [6.45, 7) is 7.30. The van der Waals surface area contributed by atoms with Crippen LogP contribution in [0.2, 0.25) is 0 Å². The summed E-state index contributed by atoms with van der Waals surface area (Å²) in [5.41, 5.74) is 5.58. The molecule has 3 N–H and O–H groups in total. The van der Waals surface area contributed by atoms with E-state index in [1.165, 1.54) is 0 Å². The van der Waals surface area contributed by atoms with Gasteiger partial charge in [-0.2, -0.15) is 0 Å². The molecule has 5 atom stereocenters. The Bertz CT molecular complexity index is 453. The molecule has 1 saturated carbocycles. The number of nitrogens with one attached hydrogen (secondary N) is 1. The molecule has 0 aromatic heterocycles. The first-order valence-electron chi connectivity index (χ1n) is 7.70. The summed E-state index contributed by atoms with van der Waals surface area (Å²) in [6, 6.07) is -0.747. The molecule has 0 saturated heterocycles. The maximum absolute atomic E-state index is 12.5. The van der Waals surface area contributed by atoms with Crippen LogP contribution in [0.3, 0.4) is 0 Å². The Morgan fingerprint density at radius 2 is 1.95 bits per heavy atom. The summed E-state index contributed by atoms with van der Waals surface area (Å²) in [4.78, 5) is 24.6. The number of rotatable bonds is 4. The molecule has 2 aliphatic rings. The number of carbonyl (C=O) groups excluding carboxylic acids is 2.